The molecule has 2 heterocycles. The van der Waals surface area contributed by atoms with Crippen LogP contribution in [-0.2, 0) is 22.4 Å². The van der Waals surface area contributed by atoms with Crippen LogP contribution in [0.1, 0.15) is 63.5 Å². The molecule has 0 saturated carbocycles. The largest absolute Gasteiger partial charge is 0.383 e. The summed E-state index contributed by atoms with van der Waals surface area (Å²) in [6, 6.07) is 18.8. The monoisotopic (exact) mass is 471 g/mol. The number of anilines is 1. The maximum absolute atomic E-state index is 13.3. The molecule has 4 rings (SSSR count). The number of carbonyl (C=O) groups is 2. The standard InChI is InChI=1S/C30H37N3O2/c1-21-7-6-8-22(2)33(21)29(35)20-25(17-23-9-4-3-5-10-23)19-27(34)13-11-24-12-14-28-26(18-24)15-16-32-30(28)31/h3-5,9-10,12,14-16,18,21-22,25H,6-8,11,13,17,19-20H2,1-2H3,(H2,31,32)/t21-,22+,25-/m0/s1. The zero-order valence-corrected chi connectivity index (χ0v) is 21.0. The second kappa shape index (κ2) is 11.5. The molecule has 1 aliphatic heterocycles. The second-order valence-electron chi connectivity index (χ2n) is 10.2. The zero-order chi connectivity index (χ0) is 24.8. The highest BCUT2D eigenvalue weighted by atomic mass is 16.2. The molecule has 1 saturated heterocycles. The number of nitrogen functional groups attached to an aromatic ring is 1. The maximum atomic E-state index is 13.3. The van der Waals surface area contributed by atoms with Gasteiger partial charge in [-0.2, -0.15) is 0 Å². The molecule has 5 heteroatoms. The number of Topliss-reactive ketones (excluding diaryl/α,β-unsaturated/α-hetero) is 1. The highest BCUT2D eigenvalue weighted by Gasteiger charge is 2.30. The van der Waals surface area contributed by atoms with Crippen LogP contribution in [0.2, 0.25) is 0 Å². The summed E-state index contributed by atoms with van der Waals surface area (Å²) in [7, 11) is 0. The van der Waals surface area contributed by atoms with Crippen molar-refractivity contribution < 1.29 is 9.59 Å². The summed E-state index contributed by atoms with van der Waals surface area (Å²) in [5.74, 6) is 0.948. The molecule has 2 aromatic carbocycles. The number of rotatable bonds is 9. The Kier molecular flexibility index (Phi) is 8.17. The molecule has 3 atom stereocenters. The van der Waals surface area contributed by atoms with Gasteiger partial charge in [-0.05, 0) is 74.4 Å². The van der Waals surface area contributed by atoms with E-state index in [1.807, 2.05) is 36.4 Å². The summed E-state index contributed by atoms with van der Waals surface area (Å²) < 4.78 is 0. The van der Waals surface area contributed by atoms with Crippen molar-refractivity contribution in [2.24, 2.45) is 5.92 Å². The summed E-state index contributed by atoms with van der Waals surface area (Å²) in [6.45, 7) is 4.30. The normalized spacial score (nSPS) is 19.0. The Morgan fingerprint density at radius 1 is 1.00 bits per heavy atom. The number of benzene rings is 2. The number of amides is 1. The Balaban J connectivity index is 1.41. The van der Waals surface area contributed by atoms with E-state index in [1.165, 1.54) is 12.0 Å². The number of fused-ring (bicyclic) bond motifs is 1. The lowest BCUT2D eigenvalue weighted by Gasteiger charge is -2.39. The Bertz CT molecular complexity index is 1150. The van der Waals surface area contributed by atoms with Gasteiger partial charge in [0.15, 0.2) is 0 Å². The number of hydrogen-bond acceptors (Lipinski definition) is 4. The lowest BCUT2D eigenvalue weighted by atomic mass is 9.88. The van der Waals surface area contributed by atoms with Gasteiger partial charge in [0, 0.05) is 42.9 Å². The number of nitrogens with zero attached hydrogens (tertiary/aromatic N) is 2. The van der Waals surface area contributed by atoms with Crippen LogP contribution in [-0.4, -0.2) is 33.7 Å². The van der Waals surface area contributed by atoms with E-state index >= 15 is 0 Å². The molecule has 184 valence electrons. The molecule has 1 amide bonds. The van der Waals surface area contributed by atoms with Crippen LogP contribution in [0.5, 0.6) is 0 Å². The highest BCUT2D eigenvalue weighted by Crippen LogP contribution is 2.27. The summed E-state index contributed by atoms with van der Waals surface area (Å²) in [5.41, 5.74) is 8.25. The first-order valence-electron chi connectivity index (χ1n) is 12.9. The van der Waals surface area contributed by atoms with E-state index in [9.17, 15) is 9.59 Å². The predicted molar refractivity (Wildman–Crippen MR) is 142 cm³/mol. The Hall–Kier alpha value is -3.21. The molecular formula is C30H37N3O2. The van der Waals surface area contributed by atoms with E-state index in [2.05, 4.69) is 41.9 Å². The third-order valence-electron chi connectivity index (χ3n) is 7.38. The van der Waals surface area contributed by atoms with Crippen LogP contribution >= 0.6 is 0 Å². The van der Waals surface area contributed by atoms with Gasteiger partial charge in [-0.25, -0.2) is 4.98 Å². The molecule has 1 aliphatic rings. The van der Waals surface area contributed by atoms with Crippen LogP contribution in [0.3, 0.4) is 0 Å². The van der Waals surface area contributed by atoms with Crippen LogP contribution in [0.15, 0.2) is 60.8 Å². The molecule has 35 heavy (non-hydrogen) atoms. The first kappa shape index (κ1) is 24.9. The van der Waals surface area contributed by atoms with Crippen molar-refractivity contribution >= 4 is 28.3 Å². The molecular weight excluding hydrogens is 434 g/mol. The van der Waals surface area contributed by atoms with Crippen molar-refractivity contribution in [2.45, 2.75) is 77.3 Å². The smallest absolute Gasteiger partial charge is 0.223 e. The first-order chi connectivity index (χ1) is 16.9. The molecule has 0 aliphatic carbocycles. The van der Waals surface area contributed by atoms with Crippen molar-refractivity contribution in [1.82, 2.24) is 9.88 Å². The quantitative estimate of drug-likeness (QED) is 0.431. The Morgan fingerprint density at radius 3 is 2.49 bits per heavy atom. The summed E-state index contributed by atoms with van der Waals surface area (Å²) in [4.78, 5) is 32.6. The van der Waals surface area contributed by atoms with E-state index in [4.69, 9.17) is 5.73 Å². The fourth-order valence-corrected chi connectivity index (χ4v) is 5.54. The molecule has 0 spiro atoms. The minimum atomic E-state index is 0.0150. The van der Waals surface area contributed by atoms with E-state index in [1.54, 1.807) is 6.20 Å². The van der Waals surface area contributed by atoms with Gasteiger partial charge in [-0.3, -0.25) is 9.59 Å². The summed E-state index contributed by atoms with van der Waals surface area (Å²) in [5, 5.41) is 1.98. The third-order valence-corrected chi connectivity index (χ3v) is 7.38. The molecule has 1 fully saturated rings. The van der Waals surface area contributed by atoms with Crippen molar-refractivity contribution in [2.75, 3.05) is 5.73 Å². The lowest BCUT2D eigenvalue weighted by molar-refractivity contribution is -0.138. The maximum Gasteiger partial charge on any atom is 0.223 e. The number of aryl methyl sites for hydroxylation is 1. The van der Waals surface area contributed by atoms with E-state index in [0.29, 0.717) is 31.5 Å². The molecule has 3 aromatic rings. The number of ketones is 1. The minimum Gasteiger partial charge on any atom is -0.383 e. The van der Waals surface area contributed by atoms with Crippen LogP contribution in [0.25, 0.3) is 10.8 Å². The number of likely N-dealkylation sites (tertiary alicyclic amines) is 1. The number of carbonyl (C=O) groups excluding carboxylic acids is 2. The number of nitrogens with two attached hydrogens (primary N) is 1. The van der Waals surface area contributed by atoms with Gasteiger partial charge in [0.25, 0.3) is 0 Å². The van der Waals surface area contributed by atoms with Gasteiger partial charge in [0.2, 0.25) is 5.91 Å². The average Bonchev–Trinajstić information content (AvgIpc) is 2.83. The average molecular weight is 472 g/mol. The van der Waals surface area contributed by atoms with Gasteiger partial charge >= 0.3 is 0 Å². The predicted octanol–water partition coefficient (Wildman–Crippen LogP) is 5.75. The van der Waals surface area contributed by atoms with Gasteiger partial charge < -0.3 is 10.6 Å². The number of piperidine rings is 1. The van der Waals surface area contributed by atoms with Crippen molar-refractivity contribution in [3.05, 3.63) is 71.9 Å². The van der Waals surface area contributed by atoms with E-state index in [-0.39, 0.29) is 29.7 Å². The van der Waals surface area contributed by atoms with Gasteiger partial charge in [-0.15, -0.1) is 0 Å². The Labute approximate surface area is 208 Å². The topological polar surface area (TPSA) is 76.3 Å². The third kappa shape index (κ3) is 6.47. The van der Waals surface area contributed by atoms with Gasteiger partial charge in [-0.1, -0.05) is 48.5 Å². The Morgan fingerprint density at radius 2 is 1.74 bits per heavy atom. The fourth-order valence-electron chi connectivity index (χ4n) is 5.54. The van der Waals surface area contributed by atoms with Crippen LogP contribution in [0, 0.1) is 5.92 Å². The lowest BCUT2D eigenvalue weighted by Crippen LogP contribution is -2.48. The number of pyridine rings is 1. The van der Waals surface area contributed by atoms with E-state index in [0.717, 1.165) is 35.6 Å². The van der Waals surface area contributed by atoms with Crippen LogP contribution < -0.4 is 5.73 Å². The fraction of sp³-hybridized carbons (Fsp3) is 0.433. The summed E-state index contributed by atoms with van der Waals surface area (Å²) in [6.07, 6.45) is 7.77. The second-order valence-corrected chi connectivity index (χ2v) is 10.2. The molecule has 5 nitrogen and oxygen atoms in total. The highest BCUT2D eigenvalue weighted by molar-refractivity contribution is 5.91. The van der Waals surface area contributed by atoms with Gasteiger partial charge in [0.1, 0.15) is 11.6 Å². The number of aromatic nitrogens is 1. The SMILES string of the molecule is C[C@@H]1CCC[C@H](C)N1C(=O)C[C@H](CC(=O)CCc1ccc2c(N)nccc2c1)Cc1ccccc1. The first-order valence-corrected chi connectivity index (χ1v) is 12.9. The van der Waals surface area contributed by atoms with Crippen molar-refractivity contribution in [3.63, 3.8) is 0 Å². The molecule has 1 aromatic heterocycles. The molecule has 0 radical (unpaired) electrons. The zero-order valence-electron chi connectivity index (χ0n) is 21.0. The molecule has 0 unspecified atom stereocenters. The molecule has 0 bridgehead atoms. The van der Waals surface area contributed by atoms with Crippen molar-refractivity contribution in [3.8, 4) is 0 Å². The van der Waals surface area contributed by atoms with E-state index < -0.39 is 0 Å². The van der Waals surface area contributed by atoms with Crippen molar-refractivity contribution in [1.29, 1.82) is 0 Å². The van der Waals surface area contributed by atoms with Gasteiger partial charge in [0.05, 0.1) is 0 Å². The minimum absolute atomic E-state index is 0.0150. The summed E-state index contributed by atoms with van der Waals surface area (Å²) >= 11 is 0. The number of hydrogen-bond donors (Lipinski definition) is 1. The van der Waals surface area contributed by atoms with Crippen LogP contribution in [0.4, 0.5) is 5.82 Å². The molecule has 2 N–H and O–H groups in total.